The molecule has 0 spiro atoms. The van der Waals surface area contributed by atoms with Crippen LogP contribution in [0.15, 0.2) is 59.5 Å². The Morgan fingerprint density at radius 2 is 2.00 bits per heavy atom. The molecule has 0 atom stereocenters. The number of rotatable bonds is 1. The smallest absolute Gasteiger partial charge is 0.256 e. The number of hydrogen-bond acceptors (Lipinski definition) is 3. The van der Waals surface area contributed by atoms with E-state index in [0.717, 1.165) is 5.39 Å². The lowest BCUT2D eigenvalue weighted by molar-refractivity contribution is 1.01. The third kappa shape index (κ3) is 1.87. The highest BCUT2D eigenvalue weighted by molar-refractivity contribution is 5.76. The van der Waals surface area contributed by atoms with Crippen LogP contribution in [0.4, 0.5) is 0 Å². The van der Waals surface area contributed by atoms with Crippen LogP contribution in [0.2, 0.25) is 0 Å². The summed E-state index contributed by atoms with van der Waals surface area (Å²) in [6.45, 7) is 0. The summed E-state index contributed by atoms with van der Waals surface area (Å²) < 4.78 is 1.51. The van der Waals surface area contributed by atoms with Crippen molar-refractivity contribution in [1.82, 2.24) is 9.55 Å². The van der Waals surface area contributed by atoms with E-state index in [9.17, 15) is 4.79 Å². The van der Waals surface area contributed by atoms with Crippen LogP contribution in [-0.4, -0.2) is 9.55 Å². The van der Waals surface area contributed by atoms with Crippen LogP contribution in [0.3, 0.4) is 0 Å². The number of fused-ring (bicyclic) bond motifs is 1. The molecule has 2 heterocycles. The summed E-state index contributed by atoms with van der Waals surface area (Å²) in [5.74, 6) is 0. The van der Waals surface area contributed by atoms with Crippen molar-refractivity contribution in [2.24, 2.45) is 0 Å². The number of nitriles is 1. The van der Waals surface area contributed by atoms with E-state index in [1.54, 1.807) is 36.5 Å². The number of benzene rings is 1. The molecule has 0 aliphatic carbocycles. The van der Waals surface area contributed by atoms with E-state index in [0.29, 0.717) is 16.9 Å². The van der Waals surface area contributed by atoms with Crippen molar-refractivity contribution in [3.05, 3.63) is 70.6 Å². The molecule has 3 aromatic rings. The quantitative estimate of drug-likeness (QED) is 0.662. The van der Waals surface area contributed by atoms with Crippen LogP contribution < -0.4 is 5.56 Å². The van der Waals surface area contributed by atoms with Crippen LogP contribution in [0.25, 0.3) is 16.7 Å². The SMILES string of the molecule is N#Cc1cccc(-n2c(=O)ccc3cccnc32)c1. The first-order valence-corrected chi connectivity index (χ1v) is 5.77. The zero-order valence-corrected chi connectivity index (χ0v) is 9.95. The van der Waals surface area contributed by atoms with Gasteiger partial charge in [-0.1, -0.05) is 6.07 Å². The third-order valence-electron chi connectivity index (χ3n) is 2.89. The Labute approximate surface area is 109 Å². The lowest BCUT2D eigenvalue weighted by Gasteiger charge is -2.08. The van der Waals surface area contributed by atoms with Gasteiger partial charge in [0.05, 0.1) is 17.3 Å². The summed E-state index contributed by atoms with van der Waals surface area (Å²) in [6.07, 6.45) is 1.65. The Kier molecular flexibility index (Phi) is 2.58. The third-order valence-corrected chi connectivity index (χ3v) is 2.89. The van der Waals surface area contributed by atoms with Gasteiger partial charge >= 0.3 is 0 Å². The van der Waals surface area contributed by atoms with E-state index >= 15 is 0 Å². The maximum atomic E-state index is 12.1. The zero-order chi connectivity index (χ0) is 13.2. The number of hydrogen-bond donors (Lipinski definition) is 0. The fourth-order valence-corrected chi connectivity index (χ4v) is 2.03. The standard InChI is InChI=1S/C15H9N3O/c16-10-11-3-1-5-13(9-11)18-14(19)7-6-12-4-2-8-17-15(12)18/h1-9H. The molecular weight excluding hydrogens is 238 g/mol. The summed E-state index contributed by atoms with van der Waals surface area (Å²) in [5.41, 5.74) is 1.58. The molecule has 0 bridgehead atoms. The summed E-state index contributed by atoms with van der Waals surface area (Å²) >= 11 is 0. The molecule has 0 fully saturated rings. The first-order chi connectivity index (χ1) is 9.29. The van der Waals surface area contributed by atoms with E-state index in [1.165, 1.54) is 10.6 Å². The van der Waals surface area contributed by atoms with E-state index in [1.807, 2.05) is 12.1 Å². The van der Waals surface area contributed by atoms with Gasteiger partial charge in [0.15, 0.2) is 0 Å². The van der Waals surface area contributed by atoms with Gasteiger partial charge in [-0.15, -0.1) is 0 Å². The summed E-state index contributed by atoms with van der Waals surface area (Å²) in [6, 6.07) is 16.0. The average molecular weight is 247 g/mol. The molecule has 19 heavy (non-hydrogen) atoms. The minimum atomic E-state index is -0.165. The zero-order valence-electron chi connectivity index (χ0n) is 9.95. The molecule has 2 aromatic heterocycles. The van der Waals surface area contributed by atoms with Gasteiger partial charge in [-0.25, -0.2) is 4.98 Å². The van der Waals surface area contributed by atoms with Gasteiger partial charge in [-0.05, 0) is 36.4 Å². The number of aromatic nitrogens is 2. The van der Waals surface area contributed by atoms with Crippen molar-refractivity contribution >= 4 is 11.0 Å². The predicted molar refractivity (Wildman–Crippen MR) is 72.1 cm³/mol. The largest absolute Gasteiger partial charge is 0.269 e. The summed E-state index contributed by atoms with van der Waals surface area (Å²) in [5, 5.41) is 9.82. The normalized spacial score (nSPS) is 10.3. The molecule has 3 rings (SSSR count). The van der Waals surface area contributed by atoms with E-state index in [4.69, 9.17) is 5.26 Å². The first-order valence-electron chi connectivity index (χ1n) is 5.77. The molecule has 0 aliphatic heterocycles. The molecule has 1 aromatic carbocycles. The van der Waals surface area contributed by atoms with Crippen molar-refractivity contribution < 1.29 is 0 Å². The van der Waals surface area contributed by atoms with Crippen molar-refractivity contribution in [2.45, 2.75) is 0 Å². The Morgan fingerprint density at radius 3 is 2.84 bits per heavy atom. The highest BCUT2D eigenvalue weighted by atomic mass is 16.1. The first kappa shape index (κ1) is 11.2. The topological polar surface area (TPSA) is 58.7 Å². The molecule has 0 saturated heterocycles. The van der Waals surface area contributed by atoms with Crippen molar-refractivity contribution in [1.29, 1.82) is 5.26 Å². The summed E-state index contributed by atoms with van der Waals surface area (Å²) in [7, 11) is 0. The summed E-state index contributed by atoms with van der Waals surface area (Å²) in [4.78, 5) is 16.3. The molecule has 0 unspecified atom stereocenters. The molecule has 0 N–H and O–H groups in total. The number of pyridine rings is 2. The molecule has 0 amide bonds. The molecule has 4 heteroatoms. The molecular formula is C15H9N3O. The molecule has 0 saturated carbocycles. The van der Waals surface area contributed by atoms with Gasteiger partial charge in [0.2, 0.25) is 0 Å². The van der Waals surface area contributed by atoms with Crippen molar-refractivity contribution in [3.8, 4) is 11.8 Å². The van der Waals surface area contributed by atoms with Crippen LogP contribution >= 0.6 is 0 Å². The monoisotopic (exact) mass is 247 g/mol. The molecule has 90 valence electrons. The molecule has 4 nitrogen and oxygen atoms in total. The minimum absolute atomic E-state index is 0.165. The highest BCUT2D eigenvalue weighted by Gasteiger charge is 2.06. The Bertz CT molecular complexity index is 859. The fourth-order valence-electron chi connectivity index (χ4n) is 2.03. The second-order valence-electron chi connectivity index (χ2n) is 4.09. The number of nitrogens with zero attached hydrogens (tertiary/aromatic N) is 3. The highest BCUT2D eigenvalue weighted by Crippen LogP contribution is 2.14. The Balaban J connectivity index is 2.39. The fraction of sp³-hybridized carbons (Fsp3) is 0. The Morgan fingerprint density at radius 1 is 1.11 bits per heavy atom. The van der Waals surface area contributed by atoms with Crippen molar-refractivity contribution in [3.63, 3.8) is 0 Å². The Hall–Kier alpha value is -2.93. The van der Waals surface area contributed by atoms with Gasteiger partial charge in [0.1, 0.15) is 5.65 Å². The minimum Gasteiger partial charge on any atom is -0.269 e. The maximum Gasteiger partial charge on any atom is 0.256 e. The van der Waals surface area contributed by atoms with Gasteiger partial charge < -0.3 is 0 Å². The van der Waals surface area contributed by atoms with E-state index in [-0.39, 0.29) is 5.56 Å². The van der Waals surface area contributed by atoms with E-state index in [2.05, 4.69) is 11.1 Å². The second kappa shape index (κ2) is 4.39. The lowest BCUT2D eigenvalue weighted by atomic mass is 10.2. The maximum absolute atomic E-state index is 12.1. The second-order valence-corrected chi connectivity index (χ2v) is 4.09. The van der Waals surface area contributed by atoms with Gasteiger partial charge in [-0.2, -0.15) is 5.26 Å². The van der Waals surface area contributed by atoms with E-state index < -0.39 is 0 Å². The van der Waals surface area contributed by atoms with Crippen LogP contribution in [0.5, 0.6) is 0 Å². The van der Waals surface area contributed by atoms with Crippen LogP contribution in [0, 0.1) is 11.3 Å². The van der Waals surface area contributed by atoms with Crippen LogP contribution in [-0.2, 0) is 0 Å². The average Bonchev–Trinajstić information content (AvgIpc) is 2.47. The van der Waals surface area contributed by atoms with Crippen molar-refractivity contribution in [2.75, 3.05) is 0 Å². The van der Waals surface area contributed by atoms with Gasteiger partial charge in [-0.3, -0.25) is 9.36 Å². The predicted octanol–water partition coefficient (Wildman–Crippen LogP) is 2.26. The van der Waals surface area contributed by atoms with Gasteiger partial charge in [0, 0.05) is 17.6 Å². The molecule has 0 radical (unpaired) electrons. The molecule has 0 aliphatic rings. The van der Waals surface area contributed by atoms with Crippen LogP contribution in [0.1, 0.15) is 5.56 Å². The lowest BCUT2D eigenvalue weighted by Crippen LogP contribution is -2.18. The van der Waals surface area contributed by atoms with Gasteiger partial charge in [0.25, 0.3) is 5.56 Å².